The lowest BCUT2D eigenvalue weighted by molar-refractivity contribution is -0.142. The van der Waals surface area contributed by atoms with Crippen LogP contribution < -0.4 is 0 Å². The van der Waals surface area contributed by atoms with Gasteiger partial charge in [-0.1, -0.05) is 75.4 Å². The van der Waals surface area contributed by atoms with Gasteiger partial charge in [-0.2, -0.15) is 0 Å². The molecule has 0 bridgehead atoms. The first-order chi connectivity index (χ1) is 17.3. The fourth-order valence-corrected chi connectivity index (χ4v) is 6.10. The average Bonchev–Trinajstić information content (AvgIpc) is 3.61. The van der Waals surface area contributed by atoms with E-state index < -0.39 is 0 Å². The smallest absolute Gasteiger partial charge is 0.243 e. The van der Waals surface area contributed by atoms with Crippen LogP contribution in [0.3, 0.4) is 0 Å². The zero-order valence-corrected chi connectivity index (χ0v) is 22.4. The Bertz CT molecular complexity index is 1210. The molecule has 1 aromatic heterocycles. The van der Waals surface area contributed by atoms with E-state index in [4.69, 9.17) is 0 Å². The second kappa shape index (κ2) is 10.2. The monoisotopic (exact) mass is 500 g/mol. The minimum absolute atomic E-state index is 0.0525. The second-order valence-corrected chi connectivity index (χ2v) is 12.1. The third kappa shape index (κ3) is 5.41. The summed E-state index contributed by atoms with van der Waals surface area (Å²) in [5.74, 6) is 0.144. The highest BCUT2D eigenvalue weighted by Crippen LogP contribution is 2.39. The molecule has 1 saturated carbocycles. The minimum Gasteiger partial charge on any atom is -0.330 e. The van der Waals surface area contributed by atoms with Crippen molar-refractivity contribution in [2.75, 3.05) is 13.1 Å². The zero-order valence-electron chi connectivity index (χ0n) is 21.6. The number of carbonyl (C=O) groups excluding carboxylic acids is 2. The lowest BCUT2D eigenvalue weighted by atomic mass is 9.85. The SMILES string of the molecule is CC(C)(C)c1ccc(C2c3ccsc3CCN2C(=O)CN(C(=O)CCc2ccccc2)C2CC2)cc1. The van der Waals surface area contributed by atoms with Gasteiger partial charge in [0.2, 0.25) is 11.8 Å². The predicted molar refractivity (Wildman–Crippen MR) is 146 cm³/mol. The Balaban J connectivity index is 1.34. The van der Waals surface area contributed by atoms with Gasteiger partial charge in [0.05, 0.1) is 6.04 Å². The van der Waals surface area contributed by atoms with Crippen molar-refractivity contribution >= 4 is 23.2 Å². The molecule has 4 nitrogen and oxygen atoms in total. The summed E-state index contributed by atoms with van der Waals surface area (Å²) < 4.78 is 0. The normalized spacial score (nSPS) is 17.5. The van der Waals surface area contributed by atoms with E-state index in [1.54, 1.807) is 11.3 Å². The molecule has 1 unspecified atom stereocenters. The maximum atomic E-state index is 13.8. The van der Waals surface area contributed by atoms with E-state index >= 15 is 0 Å². The molecular formula is C31H36N2O2S. The van der Waals surface area contributed by atoms with Crippen LogP contribution in [0, 0.1) is 0 Å². The maximum absolute atomic E-state index is 13.8. The molecular weight excluding hydrogens is 464 g/mol. The molecule has 0 radical (unpaired) electrons. The van der Waals surface area contributed by atoms with Crippen LogP contribution in [0.5, 0.6) is 0 Å². The van der Waals surface area contributed by atoms with Gasteiger partial charge < -0.3 is 9.80 Å². The van der Waals surface area contributed by atoms with Gasteiger partial charge in [0, 0.05) is 23.9 Å². The molecule has 2 heterocycles. The van der Waals surface area contributed by atoms with Gasteiger partial charge in [-0.3, -0.25) is 9.59 Å². The Morgan fingerprint density at radius 2 is 1.72 bits per heavy atom. The van der Waals surface area contributed by atoms with Gasteiger partial charge in [-0.15, -0.1) is 11.3 Å². The summed E-state index contributed by atoms with van der Waals surface area (Å²) >= 11 is 1.78. The predicted octanol–water partition coefficient (Wildman–Crippen LogP) is 6.14. The Hall–Kier alpha value is -2.92. The van der Waals surface area contributed by atoms with Gasteiger partial charge in [-0.25, -0.2) is 0 Å². The fourth-order valence-electron chi connectivity index (χ4n) is 5.19. The highest BCUT2D eigenvalue weighted by Gasteiger charge is 2.38. The van der Waals surface area contributed by atoms with Crippen LogP contribution in [0.2, 0.25) is 0 Å². The fraction of sp³-hybridized carbons (Fsp3) is 0.419. The first kappa shape index (κ1) is 24.8. The third-order valence-electron chi connectivity index (χ3n) is 7.46. The van der Waals surface area contributed by atoms with Gasteiger partial charge in [0.25, 0.3) is 0 Å². The first-order valence-corrected chi connectivity index (χ1v) is 14.0. The minimum atomic E-state index is -0.0954. The highest BCUT2D eigenvalue weighted by atomic mass is 32.1. The maximum Gasteiger partial charge on any atom is 0.243 e. The molecule has 0 spiro atoms. The van der Waals surface area contributed by atoms with E-state index in [1.165, 1.54) is 16.0 Å². The van der Waals surface area contributed by atoms with Crippen LogP contribution in [0.1, 0.15) is 73.2 Å². The van der Waals surface area contributed by atoms with Crippen molar-refractivity contribution in [2.24, 2.45) is 0 Å². The number of hydrogen-bond donors (Lipinski definition) is 0. The summed E-state index contributed by atoms with van der Waals surface area (Å²) in [4.78, 5) is 32.2. The van der Waals surface area contributed by atoms with E-state index in [-0.39, 0.29) is 35.9 Å². The topological polar surface area (TPSA) is 40.6 Å². The number of carbonyl (C=O) groups is 2. The molecule has 188 valence electrons. The average molecular weight is 501 g/mol. The van der Waals surface area contributed by atoms with Crippen molar-refractivity contribution in [2.45, 2.75) is 70.4 Å². The van der Waals surface area contributed by atoms with Crippen LogP contribution in [0.25, 0.3) is 0 Å². The molecule has 36 heavy (non-hydrogen) atoms. The number of hydrogen-bond acceptors (Lipinski definition) is 3. The van der Waals surface area contributed by atoms with Gasteiger partial charge in [0.15, 0.2) is 0 Å². The van der Waals surface area contributed by atoms with E-state index in [0.717, 1.165) is 30.4 Å². The van der Waals surface area contributed by atoms with Crippen molar-refractivity contribution in [3.63, 3.8) is 0 Å². The number of benzene rings is 2. The molecule has 2 amide bonds. The lowest BCUT2D eigenvalue weighted by Crippen LogP contribution is -2.47. The van der Waals surface area contributed by atoms with E-state index in [0.29, 0.717) is 19.4 Å². The number of amides is 2. The standard InChI is InChI=1S/C31H36N2O2S/c1-31(2,3)24-12-10-23(11-13-24)30-26-18-20-36-27(26)17-19-32(30)29(35)21-33(25-14-15-25)28(34)16-9-22-7-5-4-6-8-22/h4-8,10-13,18,20,25,30H,9,14-17,19,21H2,1-3H3. The van der Waals surface area contributed by atoms with Crippen molar-refractivity contribution in [3.05, 3.63) is 93.2 Å². The highest BCUT2D eigenvalue weighted by molar-refractivity contribution is 7.10. The molecule has 5 heteroatoms. The second-order valence-electron chi connectivity index (χ2n) is 11.1. The number of aryl methyl sites for hydroxylation is 1. The summed E-state index contributed by atoms with van der Waals surface area (Å²) in [5, 5.41) is 2.14. The summed E-state index contributed by atoms with van der Waals surface area (Å²) in [7, 11) is 0. The molecule has 2 aliphatic rings. The quantitative estimate of drug-likeness (QED) is 0.391. The number of thiophene rings is 1. The Labute approximate surface area is 218 Å². The summed E-state index contributed by atoms with van der Waals surface area (Å²) in [6.45, 7) is 7.52. The van der Waals surface area contributed by atoms with Crippen molar-refractivity contribution in [1.29, 1.82) is 0 Å². The number of fused-ring (bicyclic) bond motifs is 1. The summed E-state index contributed by atoms with van der Waals surface area (Å²) in [6, 6.07) is 21.2. The van der Waals surface area contributed by atoms with Gasteiger partial charge >= 0.3 is 0 Å². The van der Waals surface area contributed by atoms with Crippen LogP contribution in [0.15, 0.2) is 66.0 Å². The van der Waals surface area contributed by atoms with E-state index in [1.807, 2.05) is 28.0 Å². The lowest BCUT2D eigenvalue weighted by Gasteiger charge is -2.38. The molecule has 1 aliphatic carbocycles. The number of rotatable bonds is 7. The Kier molecular flexibility index (Phi) is 7.03. The molecule has 3 aromatic rings. The molecule has 1 fully saturated rings. The molecule has 5 rings (SSSR count). The van der Waals surface area contributed by atoms with Crippen LogP contribution >= 0.6 is 11.3 Å². The van der Waals surface area contributed by atoms with Gasteiger partial charge in [0.1, 0.15) is 6.54 Å². The van der Waals surface area contributed by atoms with Crippen LogP contribution in [-0.4, -0.2) is 40.7 Å². The van der Waals surface area contributed by atoms with Crippen LogP contribution in [0.4, 0.5) is 0 Å². The number of nitrogens with zero attached hydrogens (tertiary/aromatic N) is 2. The molecule has 0 saturated heterocycles. The van der Waals surface area contributed by atoms with Crippen LogP contribution in [-0.2, 0) is 27.8 Å². The van der Waals surface area contributed by atoms with Crippen molar-refractivity contribution in [3.8, 4) is 0 Å². The first-order valence-electron chi connectivity index (χ1n) is 13.1. The third-order valence-corrected chi connectivity index (χ3v) is 8.46. The molecule has 1 aliphatic heterocycles. The largest absolute Gasteiger partial charge is 0.330 e. The van der Waals surface area contributed by atoms with Crippen molar-refractivity contribution < 1.29 is 9.59 Å². The summed E-state index contributed by atoms with van der Waals surface area (Å²) in [5.41, 5.74) is 4.90. The van der Waals surface area contributed by atoms with Crippen molar-refractivity contribution in [1.82, 2.24) is 9.80 Å². The molecule has 0 N–H and O–H groups in total. The Morgan fingerprint density at radius 3 is 2.39 bits per heavy atom. The Morgan fingerprint density at radius 1 is 1.00 bits per heavy atom. The summed E-state index contributed by atoms with van der Waals surface area (Å²) in [6.07, 6.45) is 4.02. The molecule has 2 aromatic carbocycles. The zero-order chi connectivity index (χ0) is 25.3. The molecule has 1 atom stereocenters. The van der Waals surface area contributed by atoms with E-state index in [9.17, 15) is 9.59 Å². The van der Waals surface area contributed by atoms with Gasteiger partial charge in [-0.05, 0) is 64.8 Å². The van der Waals surface area contributed by atoms with E-state index in [2.05, 4.69) is 68.6 Å².